The summed E-state index contributed by atoms with van der Waals surface area (Å²) in [6.07, 6.45) is 1.72. The lowest BCUT2D eigenvalue weighted by atomic mass is 9.84. The highest BCUT2D eigenvalue weighted by Gasteiger charge is 2.34. The zero-order chi connectivity index (χ0) is 18.7. The predicted octanol–water partition coefficient (Wildman–Crippen LogP) is 2.69. The van der Waals surface area contributed by atoms with Crippen LogP contribution in [0.3, 0.4) is 0 Å². The molecule has 1 unspecified atom stereocenters. The fourth-order valence-corrected chi connectivity index (χ4v) is 3.06. The number of halogens is 1. The Morgan fingerprint density at radius 3 is 2.56 bits per heavy atom. The summed E-state index contributed by atoms with van der Waals surface area (Å²) >= 11 is 0. The molecule has 0 amide bonds. The van der Waals surface area contributed by atoms with E-state index in [2.05, 4.69) is 46.8 Å². The van der Waals surface area contributed by atoms with Gasteiger partial charge in [-0.05, 0) is 37.8 Å². The van der Waals surface area contributed by atoms with Crippen LogP contribution >= 0.6 is 24.0 Å². The van der Waals surface area contributed by atoms with Crippen molar-refractivity contribution >= 4 is 29.9 Å². The van der Waals surface area contributed by atoms with Gasteiger partial charge in [-0.3, -0.25) is 0 Å². The van der Waals surface area contributed by atoms with E-state index in [1.165, 1.54) is 5.56 Å². The minimum Gasteiger partial charge on any atom is -0.396 e. The number of hydrogen-bond donors (Lipinski definition) is 3. The maximum Gasteiger partial charge on any atom is 0.191 e. The average molecular weight is 491 g/mol. The minimum absolute atomic E-state index is 0. The van der Waals surface area contributed by atoms with Crippen molar-refractivity contribution in [3.8, 4) is 0 Å². The molecule has 3 N–H and O–H groups in total. The van der Waals surface area contributed by atoms with Crippen LogP contribution in [0, 0.1) is 5.41 Å². The molecule has 2 rings (SSSR count). The lowest BCUT2D eigenvalue weighted by Gasteiger charge is -2.27. The summed E-state index contributed by atoms with van der Waals surface area (Å²) in [6.45, 7) is 9.27. The fourth-order valence-electron chi connectivity index (χ4n) is 3.06. The monoisotopic (exact) mass is 491 g/mol. The molecule has 0 saturated carbocycles. The molecule has 0 radical (unpaired) electrons. The second kappa shape index (κ2) is 13.3. The Morgan fingerprint density at radius 2 is 1.96 bits per heavy atom. The number of aliphatic hydroxyl groups is 1. The number of nitrogens with zero attached hydrogens (tertiary/aromatic N) is 1. The molecule has 1 saturated heterocycles. The van der Waals surface area contributed by atoms with Crippen molar-refractivity contribution in [3.05, 3.63) is 35.4 Å². The van der Waals surface area contributed by atoms with Crippen molar-refractivity contribution < 1.29 is 14.6 Å². The van der Waals surface area contributed by atoms with Crippen molar-refractivity contribution in [1.82, 2.24) is 10.6 Å². The summed E-state index contributed by atoms with van der Waals surface area (Å²) in [6, 6.07) is 8.37. The van der Waals surface area contributed by atoms with E-state index < -0.39 is 0 Å². The molecule has 1 aromatic rings. The zero-order valence-electron chi connectivity index (χ0n) is 16.5. The quantitative estimate of drug-likeness (QED) is 0.267. The van der Waals surface area contributed by atoms with E-state index in [4.69, 9.17) is 9.47 Å². The summed E-state index contributed by atoms with van der Waals surface area (Å²) in [5, 5.41) is 16.1. The predicted molar refractivity (Wildman–Crippen MR) is 120 cm³/mol. The molecule has 6 nitrogen and oxygen atoms in total. The lowest BCUT2D eigenvalue weighted by molar-refractivity contribution is 0.127. The van der Waals surface area contributed by atoms with E-state index in [0.29, 0.717) is 19.8 Å². The summed E-state index contributed by atoms with van der Waals surface area (Å²) in [4.78, 5) is 4.69. The highest BCUT2D eigenvalue weighted by molar-refractivity contribution is 14.0. The Morgan fingerprint density at radius 1 is 1.22 bits per heavy atom. The van der Waals surface area contributed by atoms with Crippen LogP contribution in [0.15, 0.2) is 29.3 Å². The van der Waals surface area contributed by atoms with Gasteiger partial charge in [0.15, 0.2) is 5.96 Å². The summed E-state index contributed by atoms with van der Waals surface area (Å²) in [5.74, 6) is 0.801. The normalized spacial score (nSPS) is 19.6. The number of benzene rings is 1. The Bertz CT molecular complexity index is 546. The van der Waals surface area contributed by atoms with Gasteiger partial charge in [-0.2, -0.15) is 0 Å². The SMILES string of the molecule is CCNC(=NCc1ccc(COCC)cc1)NCC1(CCO)CCOC1.I. The zero-order valence-corrected chi connectivity index (χ0v) is 18.8. The Labute approximate surface area is 180 Å². The van der Waals surface area contributed by atoms with Crippen molar-refractivity contribution in [2.75, 3.05) is 39.5 Å². The highest BCUT2D eigenvalue weighted by atomic mass is 127. The molecule has 0 bridgehead atoms. The van der Waals surface area contributed by atoms with E-state index in [0.717, 1.165) is 50.7 Å². The van der Waals surface area contributed by atoms with Crippen LogP contribution in [-0.2, 0) is 22.6 Å². The van der Waals surface area contributed by atoms with Crippen LogP contribution in [0.1, 0.15) is 37.8 Å². The van der Waals surface area contributed by atoms with Gasteiger partial charge in [-0.1, -0.05) is 24.3 Å². The van der Waals surface area contributed by atoms with Crippen LogP contribution in [0.4, 0.5) is 0 Å². The first kappa shape index (κ1) is 24.1. The topological polar surface area (TPSA) is 75.1 Å². The Kier molecular flexibility index (Phi) is 11.9. The van der Waals surface area contributed by atoms with Gasteiger partial charge in [0, 0.05) is 38.3 Å². The molecule has 1 aromatic carbocycles. The van der Waals surface area contributed by atoms with Gasteiger partial charge >= 0.3 is 0 Å². The van der Waals surface area contributed by atoms with Gasteiger partial charge in [-0.25, -0.2) is 4.99 Å². The smallest absolute Gasteiger partial charge is 0.191 e. The molecule has 27 heavy (non-hydrogen) atoms. The number of guanidine groups is 1. The molecule has 0 spiro atoms. The van der Waals surface area contributed by atoms with Crippen LogP contribution in [0.5, 0.6) is 0 Å². The van der Waals surface area contributed by atoms with Crippen LogP contribution in [0.25, 0.3) is 0 Å². The number of nitrogens with one attached hydrogen (secondary N) is 2. The van der Waals surface area contributed by atoms with E-state index >= 15 is 0 Å². The molecule has 1 fully saturated rings. The third-order valence-corrected chi connectivity index (χ3v) is 4.72. The molecule has 1 aliphatic rings. The molecular weight excluding hydrogens is 457 g/mol. The van der Waals surface area contributed by atoms with Crippen molar-refractivity contribution in [2.45, 2.75) is 39.8 Å². The first-order valence-corrected chi connectivity index (χ1v) is 9.57. The summed E-state index contributed by atoms with van der Waals surface area (Å²) in [7, 11) is 0. The second-order valence-corrected chi connectivity index (χ2v) is 6.78. The molecule has 7 heteroatoms. The van der Waals surface area contributed by atoms with Crippen molar-refractivity contribution in [3.63, 3.8) is 0 Å². The van der Waals surface area contributed by atoms with Gasteiger partial charge in [0.2, 0.25) is 0 Å². The van der Waals surface area contributed by atoms with Crippen molar-refractivity contribution in [2.24, 2.45) is 10.4 Å². The van der Waals surface area contributed by atoms with Gasteiger partial charge in [0.1, 0.15) is 0 Å². The first-order chi connectivity index (χ1) is 12.7. The molecule has 0 aromatic heterocycles. The molecule has 1 atom stereocenters. The van der Waals surface area contributed by atoms with E-state index in [-0.39, 0.29) is 36.0 Å². The largest absolute Gasteiger partial charge is 0.396 e. The van der Waals surface area contributed by atoms with Crippen molar-refractivity contribution in [1.29, 1.82) is 0 Å². The molecule has 0 aliphatic carbocycles. The lowest BCUT2D eigenvalue weighted by Crippen LogP contribution is -2.44. The van der Waals surface area contributed by atoms with E-state index in [9.17, 15) is 5.11 Å². The number of hydrogen-bond acceptors (Lipinski definition) is 4. The summed E-state index contributed by atoms with van der Waals surface area (Å²) in [5.41, 5.74) is 2.35. The highest BCUT2D eigenvalue weighted by Crippen LogP contribution is 2.31. The Balaban J connectivity index is 0.00000364. The average Bonchev–Trinajstić information content (AvgIpc) is 3.12. The first-order valence-electron chi connectivity index (χ1n) is 9.57. The number of ether oxygens (including phenoxy) is 2. The summed E-state index contributed by atoms with van der Waals surface area (Å²) < 4.78 is 11.0. The molecule has 1 aliphatic heterocycles. The maximum absolute atomic E-state index is 9.35. The van der Waals surface area contributed by atoms with E-state index in [1.54, 1.807) is 0 Å². The maximum atomic E-state index is 9.35. The van der Waals surface area contributed by atoms with E-state index in [1.807, 2.05) is 6.92 Å². The van der Waals surface area contributed by atoms with Crippen LogP contribution in [0.2, 0.25) is 0 Å². The third-order valence-electron chi connectivity index (χ3n) is 4.72. The molecule has 154 valence electrons. The third kappa shape index (κ3) is 8.33. The van der Waals surface area contributed by atoms with Crippen LogP contribution in [-0.4, -0.2) is 50.6 Å². The standard InChI is InChI=1S/C20H33N3O3.HI/c1-3-21-19(23-15-20(9-11-24)10-12-26-16-20)22-13-17-5-7-18(8-6-17)14-25-4-2;/h5-8,24H,3-4,9-16H2,1-2H3,(H2,21,22,23);1H. The van der Waals surface area contributed by atoms with Gasteiger partial charge in [-0.15, -0.1) is 24.0 Å². The number of aliphatic imine (C=N–C) groups is 1. The molecule has 1 heterocycles. The number of aliphatic hydroxyl groups excluding tert-OH is 1. The fraction of sp³-hybridized carbons (Fsp3) is 0.650. The molecular formula is C20H34IN3O3. The Hall–Kier alpha value is -0.900. The second-order valence-electron chi connectivity index (χ2n) is 6.78. The number of rotatable bonds is 10. The minimum atomic E-state index is 0. The van der Waals surface area contributed by atoms with Gasteiger partial charge in [0.25, 0.3) is 0 Å². The van der Waals surface area contributed by atoms with Gasteiger partial charge in [0.05, 0.1) is 19.8 Å². The van der Waals surface area contributed by atoms with Crippen LogP contribution < -0.4 is 10.6 Å². The van der Waals surface area contributed by atoms with Gasteiger partial charge < -0.3 is 25.2 Å².